The Morgan fingerprint density at radius 1 is 0.824 bits per heavy atom. The molecule has 8 nitrogen and oxygen atoms in total. The highest BCUT2D eigenvalue weighted by Crippen LogP contribution is 2.76. The number of aliphatic hydroxyl groups is 2. The molecule has 0 aromatic rings. The van der Waals surface area contributed by atoms with Gasteiger partial charge in [0.2, 0.25) is 0 Å². The summed E-state index contributed by atoms with van der Waals surface area (Å²) < 4.78 is 18.1. The summed E-state index contributed by atoms with van der Waals surface area (Å²) in [5.41, 5.74) is 0.120. The van der Waals surface area contributed by atoms with Crippen molar-refractivity contribution in [3.8, 4) is 0 Å². The largest absolute Gasteiger partial charge is 0.458 e. The van der Waals surface area contributed by atoms with Crippen LogP contribution in [0, 0.1) is 62.6 Å². The lowest BCUT2D eigenvalue weighted by molar-refractivity contribution is -0.228. The van der Waals surface area contributed by atoms with Crippen molar-refractivity contribution < 1.29 is 38.8 Å². The number of carbonyl (C=O) groups excluding carboxylic acids is 3. The van der Waals surface area contributed by atoms with Crippen LogP contribution < -0.4 is 0 Å². The van der Waals surface area contributed by atoms with Crippen LogP contribution >= 0.6 is 0 Å². The second kappa shape index (κ2) is 13.2. The number of ether oxygens (including phenoxy) is 3. The molecule has 5 unspecified atom stereocenters. The number of rotatable bonds is 6. The van der Waals surface area contributed by atoms with Gasteiger partial charge in [0.15, 0.2) is 6.10 Å². The van der Waals surface area contributed by atoms with Gasteiger partial charge in [-0.1, -0.05) is 74.0 Å². The zero-order valence-corrected chi connectivity index (χ0v) is 33.4. The number of aliphatic hydroxyl groups excluding tert-OH is 2. The number of esters is 2. The number of Topliss-reactive ketones (excluding diaryl/α,β-unsaturated/α-hetero) is 1. The molecule has 0 amide bonds. The average Bonchev–Trinajstić information content (AvgIpc) is 3.04. The third-order valence-corrected chi connectivity index (χ3v) is 17.1. The van der Waals surface area contributed by atoms with Crippen molar-refractivity contribution >= 4 is 17.7 Å². The SMILES string of the molecule is CCC1O[C@H](CC(=O)[C@]23CC[C@@H](C)[C@H](C)C2C2=CCC4[C@@]5(C)CC[C@H](O)C(C)(C)C5CC[C@@]4(C)[C@]2(C)C[C@H]3O)[C@H](C)C(OC(C)=O)[C@@H]1OC(C)=O. The van der Waals surface area contributed by atoms with E-state index in [0.29, 0.717) is 37.0 Å². The molecule has 0 aromatic carbocycles. The summed E-state index contributed by atoms with van der Waals surface area (Å²) >= 11 is 0. The Labute approximate surface area is 307 Å². The van der Waals surface area contributed by atoms with E-state index in [9.17, 15) is 19.8 Å². The monoisotopic (exact) mass is 712 g/mol. The van der Waals surface area contributed by atoms with Gasteiger partial charge in [0.1, 0.15) is 11.9 Å². The molecule has 1 heterocycles. The fourth-order valence-electron chi connectivity index (χ4n) is 13.8. The molecule has 5 aliphatic carbocycles. The first kappa shape index (κ1) is 38.9. The first-order chi connectivity index (χ1) is 23.7. The molecule has 16 atom stereocenters. The maximum atomic E-state index is 15.2. The van der Waals surface area contributed by atoms with Crippen LogP contribution in [-0.2, 0) is 28.6 Å². The fourth-order valence-corrected chi connectivity index (χ4v) is 13.8. The molecular weight excluding hydrogens is 644 g/mol. The number of ketones is 1. The van der Waals surface area contributed by atoms with E-state index in [0.717, 1.165) is 38.5 Å². The van der Waals surface area contributed by atoms with Crippen LogP contribution in [0.2, 0.25) is 0 Å². The molecule has 4 saturated carbocycles. The van der Waals surface area contributed by atoms with Crippen molar-refractivity contribution in [2.75, 3.05) is 0 Å². The topological polar surface area (TPSA) is 119 Å². The highest BCUT2D eigenvalue weighted by Gasteiger charge is 2.71. The lowest BCUT2D eigenvalue weighted by Gasteiger charge is -2.72. The average molecular weight is 713 g/mol. The zero-order chi connectivity index (χ0) is 37.6. The van der Waals surface area contributed by atoms with E-state index in [-0.39, 0.29) is 51.8 Å². The van der Waals surface area contributed by atoms with Gasteiger partial charge in [0.05, 0.1) is 29.8 Å². The van der Waals surface area contributed by atoms with Gasteiger partial charge < -0.3 is 24.4 Å². The molecule has 0 bridgehead atoms. The molecule has 0 spiro atoms. The summed E-state index contributed by atoms with van der Waals surface area (Å²) in [7, 11) is 0. The van der Waals surface area contributed by atoms with Gasteiger partial charge in [-0.2, -0.15) is 0 Å². The third-order valence-electron chi connectivity index (χ3n) is 17.1. The summed E-state index contributed by atoms with van der Waals surface area (Å²) in [6.45, 7) is 23.1. The Balaban J connectivity index is 1.37. The minimum atomic E-state index is -0.924. The second-order valence-electron chi connectivity index (χ2n) is 19.5. The molecule has 51 heavy (non-hydrogen) atoms. The number of hydrogen-bond donors (Lipinski definition) is 2. The van der Waals surface area contributed by atoms with Gasteiger partial charge in [-0.05, 0) is 109 Å². The van der Waals surface area contributed by atoms with Crippen LogP contribution in [0.15, 0.2) is 11.6 Å². The van der Waals surface area contributed by atoms with E-state index in [2.05, 4.69) is 54.5 Å². The molecule has 0 radical (unpaired) electrons. The molecule has 1 aliphatic heterocycles. The highest BCUT2D eigenvalue weighted by molar-refractivity contribution is 5.87. The van der Waals surface area contributed by atoms with Crippen molar-refractivity contribution in [1.82, 2.24) is 0 Å². The van der Waals surface area contributed by atoms with E-state index in [1.165, 1.54) is 19.4 Å². The van der Waals surface area contributed by atoms with Crippen molar-refractivity contribution in [1.29, 1.82) is 0 Å². The fraction of sp³-hybridized carbons (Fsp3) is 0.884. The summed E-state index contributed by atoms with van der Waals surface area (Å²) in [5.74, 6) is 0.150. The van der Waals surface area contributed by atoms with E-state index < -0.39 is 53.8 Å². The van der Waals surface area contributed by atoms with Crippen LogP contribution in [0.3, 0.4) is 0 Å². The Kier molecular flexibility index (Phi) is 10.1. The van der Waals surface area contributed by atoms with E-state index in [4.69, 9.17) is 14.2 Å². The second-order valence-corrected chi connectivity index (χ2v) is 19.5. The van der Waals surface area contributed by atoms with E-state index >= 15 is 4.79 Å². The third kappa shape index (κ3) is 5.64. The molecule has 2 N–H and O–H groups in total. The molecule has 5 fully saturated rings. The van der Waals surface area contributed by atoms with Gasteiger partial charge in [0.25, 0.3) is 0 Å². The summed E-state index contributed by atoms with van der Waals surface area (Å²) in [6.07, 6.45) is 6.56. The van der Waals surface area contributed by atoms with Gasteiger partial charge >= 0.3 is 11.9 Å². The Bertz CT molecular complexity index is 1420. The van der Waals surface area contributed by atoms with Crippen LogP contribution in [-0.4, -0.2) is 64.6 Å². The summed E-state index contributed by atoms with van der Waals surface area (Å²) in [5, 5.41) is 23.8. The summed E-state index contributed by atoms with van der Waals surface area (Å²) in [6, 6.07) is 0. The van der Waals surface area contributed by atoms with Crippen LogP contribution in [0.1, 0.15) is 140 Å². The van der Waals surface area contributed by atoms with Gasteiger partial charge in [-0.3, -0.25) is 14.4 Å². The molecular formula is C43H68O8. The Hall–Kier alpha value is -1.77. The van der Waals surface area contributed by atoms with Crippen LogP contribution in [0.5, 0.6) is 0 Å². The van der Waals surface area contributed by atoms with E-state index in [1.54, 1.807) is 0 Å². The van der Waals surface area contributed by atoms with Gasteiger partial charge in [0, 0.05) is 26.2 Å². The quantitative estimate of drug-likeness (QED) is 0.213. The maximum absolute atomic E-state index is 15.2. The maximum Gasteiger partial charge on any atom is 0.303 e. The van der Waals surface area contributed by atoms with Crippen molar-refractivity contribution in [2.24, 2.45) is 62.6 Å². The van der Waals surface area contributed by atoms with E-state index in [1.807, 2.05) is 13.8 Å². The Morgan fingerprint density at radius 3 is 2.10 bits per heavy atom. The smallest absolute Gasteiger partial charge is 0.303 e. The molecule has 0 aromatic heterocycles. The van der Waals surface area contributed by atoms with Crippen molar-refractivity contribution in [2.45, 2.75) is 177 Å². The van der Waals surface area contributed by atoms with Crippen molar-refractivity contribution in [3.63, 3.8) is 0 Å². The lowest BCUT2D eigenvalue weighted by atomic mass is 9.32. The predicted octanol–water partition coefficient (Wildman–Crippen LogP) is 7.61. The zero-order valence-electron chi connectivity index (χ0n) is 33.4. The first-order valence-corrected chi connectivity index (χ1v) is 20.3. The number of carbonyl (C=O) groups is 3. The summed E-state index contributed by atoms with van der Waals surface area (Å²) in [4.78, 5) is 39.6. The number of allylic oxidation sites excluding steroid dienone is 2. The lowest BCUT2D eigenvalue weighted by Crippen LogP contribution is -2.68. The molecule has 6 aliphatic rings. The molecule has 1 saturated heterocycles. The number of hydrogen-bond acceptors (Lipinski definition) is 8. The molecule has 288 valence electrons. The Morgan fingerprint density at radius 2 is 1.47 bits per heavy atom. The molecule has 6 rings (SSSR count). The normalized spacial score (nSPS) is 50.3. The predicted molar refractivity (Wildman–Crippen MR) is 195 cm³/mol. The van der Waals surface area contributed by atoms with Gasteiger partial charge in [-0.15, -0.1) is 0 Å². The minimum Gasteiger partial charge on any atom is -0.458 e. The van der Waals surface area contributed by atoms with Crippen LogP contribution in [0.4, 0.5) is 0 Å². The highest BCUT2D eigenvalue weighted by atomic mass is 16.6. The van der Waals surface area contributed by atoms with Gasteiger partial charge in [-0.25, -0.2) is 0 Å². The standard InChI is InChI=1S/C43H68O8/c1-12-29-38(50-27(6)45)37(49-26(5)44)25(4)30(51-29)21-34(47)43-20-15-23(2)24(3)36(43)28-13-14-32-40(9)18-17-33(46)39(7,8)31(40)16-19-41(32,10)42(28,11)22-35(43)48/h13,23-25,29-33,35-38,46,48H,12,14-22H2,1-11H3/t23-,24+,25+,29?,30-,31?,32?,33+,35-,36?,37?,38-,40+,41-,42-,43+/m1/s1. The number of fused-ring (bicyclic) bond motifs is 7. The minimum absolute atomic E-state index is 0.0460. The van der Waals surface area contributed by atoms with Crippen LogP contribution in [0.25, 0.3) is 0 Å². The molecule has 8 heteroatoms. The first-order valence-electron chi connectivity index (χ1n) is 20.3. The van der Waals surface area contributed by atoms with Crippen molar-refractivity contribution in [3.05, 3.63) is 11.6 Å².